The molecular weight excluding hydrogens is 356 g/mol. The van der Waals surface area contributed by atoms with Gasteiger partial charge in [0.2, 0.25) is 0 Å². The van der Waals surface area contributed by atoms with Crippen LogP contribution in [-0.4, -0.2) is 18.9 Å². The van der Waals surface area contributed by atoms with Crippen LogP contribution in [0.4, 0.5) is 5.69 Å². The Hall–Kier alpha value is -3.12. The van der Waals surface area contributed by atoms with Crippen LogP contribution in [0.15, 0.2) is 48.5 Å². The molecule has 0 radical (unpaired) electrons. The fourth-order valence-corrected chi connectivity index (χ4v) is 5.00. The van der Waals surface area contributed by atoms with Crippen molar-refractivity contribution in [1.29, 1.82) is 5.26 Å². The molecule has 0 bridgehead atoms. The summed E-state index contributed by atoms with van der Waals surface area (Å²) in [4.78, 5) is 14.7. The lowest BCUT2D eigenvalue weighted by atomic mass is 9.81. The summed E-state index contributed by atoms with van der Waals surface area (Å²) in [6.45, 7) is 2.00. The van der Waals surface area contributed by atoms with E-state index in [1.807, 2.05) is 0 Å². The summed E-state index contributed by atoms with van der Waals surface area (Å²) in [5.41, 5.74) is 6.30. The molecule has 3 aromatic rings. The lowest BCUT2D eigenvalue weighted by Gasteiger charge is -2.32. The summed E-state index contributed by atoms with van der Waals surface area (Å²) in [5.74, 6) is 0.272. The first-order valence-corrected chi connectivity index (χ1v) is 10.6. The van der Waals surface area contributed by atoms with Crippen LogP contribution in [0.25, 0.3) is 21.9 Å². The molecule has 1 fully saturated rings. The first-order chi connectivity index (χ1) is 14.3. The molecule has 1 saturated heterocycles. The number of anilines is 1. The molecule has 3 aromatic carbocycles. The van der Waals surface area contributed by atoms with Gasteiger partial charge in [0.15, 0.2) is 0 Å². The largest absolute Gasteiger partial charge is 0.370 e. The van der Waals surface area contributed by atoms with Crippen LogP contribution >= 0.6 is 0 Å². The molecule has 29 heavy (non-hydrogen) atoms. The van der Waals surface area contributed by atoms with Gasteiger partial charge < -0.3 is 4.90 Å². The standard InChI is InChI=1S/C26H24N2O/c27-17-25-22-12-11-19(29)15-23(22)24(16-26(25)28-13-4-1-5-14-28)21-10-6-8-18-7-2-3-9-20(18)21/h2-3,6-10,16H,1,4-5,11-15H2. The highest BCUT2D eigenvalue weighted by Crippen LogP contribution is 2.41. The minimum atomic E-state index is 0.272. The van der Waals surface area contributed by atoms with Crippen molar-refractivity contribution in [3.05, 3.63) is 65.2 Å². The minimum Gasteiger partial charge on any atom is -0.370 e. The van der Waals surface area contributed by atoms with Crippen LogP contribution in [0.3, 0.4) is 0 Å². The number of ketones is 1. The van der Waals surface area contributed by atoms with E-state index < -0.39 is 0 Å². The van der Waals surface area contributed by atoms with E-state index in [0.717, 1.165) is 46.6 Å². The maximum atomic E-state index is 12.4. The molecule has 1 aliphatic carbocycles. The van der Waals surface area contributed by atoms with Crippen molar-refractivity contribution in [2.24, 2.45) is 0 Å². The van der Waals surface area contributed by atoms with Gasteiger partial charge in [-0.1, -0.05) is 42.5 Å². The molecule has 5 rings (SSSR count). The lowest BCUT2D eigenvalue weighted by molar-refractivity contribution is -0.118. The Kier molecular flexibility index (Phi) is 4.56. The van der Waals surface area contributed by atoms with Gasteiger partial charge in [-0.05, 0) is 64.8 Å². The van der Waals surface area contributed by atoms with E-state index >= 15 is 0 Å². The van der Waals surface area contributed by atoms with Crippen molar-refractivity contribution >= 4 is 22.2 Å². The third-order valence-corrected chi connectivity index (χ3v) is 6.44. The molecule has 144 valence electrons. The van der Waals surface area contributed by atoms with Crippen LogP contribution in [0.1, 0.15) is 42.4 Å². The molecule has 0 atom stereocenters. The fourth-order valence-electron chi connectivity index (χ4n) is 5.00. The highest BCUT2D eigenvalue weighted by atomic mass is 16.1. The van der Waals surface area contributed by atoms with Crippen LogP contribution in [0.2, 0.25) is 0 Å². The second-order valence-electron chi connectivity index (χ2n) is 8.18. The predicted molar refractivity (Wildman–Crippen MR) is 117 cm³/mol. The van der Waals surface area contributed by atoms with Gasteiger partial charge in [0.25, 0.3) is 0 Å². The third-order valence-electron chi connectivity index (χ3n) is 6.44. The van der Waals surface area contributed by atoms with E-state index in [1.54, 1.807) is 0 Å². The molecule has 1 aliphatic heterocycles. The average Bonchev–Trinajstić information content (AvgIpc) is 2.78. The summed E-state index contributed by atoms with van der Waals surface area (Å²) >= 11 is 0. The Morgan fingerprint density at radius 1 is 0.862 bits per heavy atom. The van der Waals surface area contributed by atoms with Gasteiger partial charge in [0, 0.05) is 25.9 Å². The second kappa shape index (κ2) is 7.37. The number of hydrogen-bond donors (Lipinski definition) is 0. The molecule has 3 nitrogen and oxygen atoms in total. The molecule has 3 heteroatoms. The molecule has 0 amide bonds. The van der Waals surface area contributed by atoms with Crippen molar-refractivity contribution in [2.45, 2.75) is 38.5 Å². The van der Waals surface area contributed by atoms with Gasteiger partial charge >= 0.3 is 0 Å². The summed E-state index contributed by atoms with van der Waals surface area (Å²) in [6, 6.07) is 19.5. The molecule has 0 N–H and O–H groups in total. The Morgan fingerprint density at radius 3 is 2.48 bits per heavy atom. The van der Waals surface area contributed by atoms with E-state index in [4.69, 9.17) is 0 Å². The van der Waals surface area contributed by atoms with Crippen LogP contribution < -0.4 is 4.90 Å². The maximum absolute atomic E-state index is 12.4. The van der Waals surface area contributed by atoms with Crippen molar-refractivity contribution in [1.82, 2.24) is 0 Å². The molecule has 2 aliphatic rings. The number of Topliss-reactive ketones (excluding diaryl/α,β-unsaturated/α-hetero) is 1. The van der Waals surface area contributed by atoms with Gasteiger partial charge in [0.05, 0.1) is 11.3 Å². The fraction of sp³-hybridized carbons (Fsp3) is 0.308. The number of rotatable bonds is 2. The Morgan fingerprint density at radius 2 is 1.66 bits per heavy atom. The van der Waals surface area contributed by atoms with Crippen molar-refractivity contribution in [2.75, 3.05) is 18.0 Å². The normalized spacial score (nSPS) is 16.5. The molecular formula is C26H24N2O. The number of piperidine rings is 1. The predicted octanol–water partition coefficient (Wildman–Crippen LogP) is 5.43. The number of nitrogens with zero attached hydrogens (tertiary/aromatic N) is 2. The zero-order valence-electron chi connectivity index (χ0n) is 16.6. The van der Waals surface area contributed by atoms with Crippen LogP contribution in [0, 0.1) is 11.3 Å². The number of carbonyl (C=O) groups is 1. The number of carbonyl (C=O) groups excluding carboxylic acids is 1. The Bertz CT molecular complexity index is 1140. The second-order valence-corrected chi connectivity index (χ2v) is 8.18. The molecule has 0 saturated carbocycles. The highest BCUT2D eigenvalue weighted by molar-refractivity contribution is 6.00. The van der Waals surface area contributed by atoms with Crippen LogP contribution in [0.5, 0.6) is 0 Å². The molecule has 0 spiro atoms. The molecule has 0 aromatic heterocycles. The smallest absolute Gasteiger partial charge is 0.137 e. The van der Waals surface area contributed by atoms with E-state index in [0.29, 0.717) is 19.3 Å². The highest BCUT2D eigenvalue weighted by Gasteiger charge is 2.27. The van der Waals surface area contributed by atoms with E-state index in [9.17, 15) is 10.1 Å². The minimum absolute atomic E-state index is 0.272. The van der Waals surface area contributed by atoms with Crippen molar-refractivity contribution in [3.8, 4) is 17.2 Å². The summed E-state index contributed by atoms with van der Waals surface area (Å²) in [6.07, 6.45) is 5.25. The Balaban J connectivity index is 1.80. The van der Waals surface area contributed by atoms with Gasteiger partial charge in [-0.3, -0.25) is 4.79 Å². The third kappa shape index (κ3) is 3.09. The molecule has 1 heterocycles. The number of fused-ring (bicyclic) bond motifs is 2. The quantitative estimate of drug-likeness (QED) is 0.596. The van der Waals surface area contributed by atoms with Gasteiger partial charge in [-0.15, -0.1) is 0 Å². The first-order valence-electron chi connectivity index (χ1n) is 10.6. The van der Waals surface area contributed by atoms with Gasteiger partial charge in [-0.2, -0.15) is 5.26 Å². The zero-order valence-corrected chi connectivity index (χ0v) is 16.6. The number of benzene rings is 3. The SMILES string of the molecule is N#Cc1c(N2CCCCC2)cc(-c2cccc3ccccc23)c2c1CCC(=O)C2. The van der Waals surface area contributed by atoms with Crippen LogP contribution in [-0.2, 0) is 17.6 Å². The van der Waals surface area contributed by atoms with Crippen molar-refractivity contribution in [3.63, 3.8) is 0 Å². The monoisotopic (exact) mass is 380 g/mol. The van der Waals surface area contributed by atoms with Gasteiger partial charge in [0.1, 0.15) is 11.9 Å². The van der Waals surface area contributed by atoms with E-state index in [1.165, 1.54) is 30.0 Å². The average molecular weight is 380 g/mol. The lowest BCUT2D eigenvalue weighted by Crippen LogP contribution is -2.31. The van der Waals surface area contributed by atoms with Gasteiger partial charge in [-0.25, -0.2) is 0 Å². The first kappa shape index (κ1) is 17.9. The number of nitriles is 1. The molecule has 0 unspecified atom stereocenters. The van der Waals surface area contributed by atoms with Crippen molar-refractivity contribution < 1.29 is 4.79 Å². The summed E-state index contributed by atoms with van der Waals surface area (Å²) in [5, 5.41) is 12.4. The van der Waals surface area contributed by atoms with E-state index in [-0.39, 0.29) is 5.78 Å². The van der Waals surface area contributed by atoms with E-state index in [2.05, 4.69) is 59.5 Å². The zero-order chi connectivity index (χ0) is 19.8. The summed E-state index contributed by atoms with van der Waals surface area (Å²) < 4.78 is 0. The maximum Gasteiger partial charge on any atom is 0.137 e. The topological polar surface area (TPSA) is 44.1 Å². The Labute approximate surface area is 171 Å². The number of hydrogen-bond acceptors (Lipinski definition) is 3. The summed E-state index contributed by atoms with van der Waals surface area (Å²) in [7, 11) is 0.